The molecule has 5 heteroatoms. The molecule has 0 aliphatic carbocycles. The fraction of sp³-hybridized carbons (Fsp3) is 1.00. The van der Waals surface area contributed by atoms with Crippen LogP contribution in [0.3, 0.4) is 0 Å². The lowest BCUT2D eigenvalue weighted by Crippen LogP contribution is -2.59. The standard InChI is InChI=1S/C3H6F2N2.ClH/c4-3(5)1-7(6)2-3;/h1-2,6H2;1H. The highest BCUT2D eigenvalue weighted by molar-refractivity contribution is 5.85. The predicted molar refractivity (Wildman–Crippen MR) is 28.0 cm³/mol. The number of hydrazine groups is 1. The number of alkyl halides is 2. The van der Waals surface area contributed by atoms with E-state index in [2.05, 4.69) is 0 Å². The number of hydrogen-bond donors (Lipinski definition) is 1. The largest absolute Gasteiger partial charge is 0.275 e. The summed E-state index contributed by atoms with van der Waals surface area (Å²) in [6.45, 7) is -0.569. The first-order chi connectivity index (χ1) is 3.10. The highest BCUT2D eigenvalue weighted by atomic mass is 35.5. The molecular weight excluding hydrogens is 137 g/mol. The van der Waals surface area contributed by atoms with E-state index >= 15 is 0 Å². The van der Waals surface area contributed by atoms with E-state index in [1.165, 1.54) is 0 Å². The maximum atomic E-state index is 11.7. The smallest absolute Gasteiger partial charge is 0.268 e. The van der Waals surface area contributed by atoms with Crippen molar-refractivity contribution in [1.29, 1.82) is 0 Å². The summed E-state index contributed by atoms with van der Waals surface area (Å²) < 4.78 is 23.3. The SMILES string of the molecule is Cl.NN1CC(F)(F)C1. The van der Waals surface area contributed by atoms with Crippen molar-refractivity contribution in [1.82, 2.24) is 5.01 Å². The first kappa shape index (κ1) is 8.07. The zero-order chi connectivity index (χ0) is 5.49. The molecule has 0 saturated carbocycles. The number of nitrogens with two attached hydrogens (primary N) is 1. The molecule has 1 aliphatic heterocycles. The minimum atomic E-state index is -2.51. The monoisotopic (exact) mass is 144 g/mol. The second-order valence-corrected chi connectivity index (χ2v) is 1.76. The summed E-state index contributed by atoms with van der Waals surface area (Å²) in [4.78, 5) is 0. The molecule has 0 unspecified atom stereocenters. The third kappa shape index (κ3) is 1.54. The highest BCUT2D eigenvalue weighted by Crippen LogP contribution is 2.22. The Bertz CT molecular complexity index is 79.4. The Morgan fingerprint density at radius 2 is 1.75 bits per heavy atom. The van der Waals surface area contributed by atoms with Crippen LogP contribution in [0.15, 0.2) is 0 Å². The minimum absolute atomic E-state index is 0. The van der Waals surface area contributed by atoms with Gasteiger partial charge in [0.2, 0.25) is 0 Å². The molecule has 1 saturated heterocycles. The van der Waals surface area contributed by atoms with Gasteiger partial charge in [0.25, 0.3) is 5.92 Å². The molecule has 0 atom stereocenters. The molecule has 2 N–H and O–H groups in total. The van der Waals surface area contributed by atoms with E-state index in [4.69, 9.17) is 5.84 Å². The van der Waals surface area contributed by atoms with Crippen LogP contribution in [0.25, 0.3) is 0 Å². The molecule has 8 heavy (non-hydrogen) atoms. The van der Waals surface area contributed by atoms with Crippen LogP contribution in [-0.4, -0.2) is 24.0 Å². The van der Waals surface area contributed by atoms with Crippen molar-refractivity contribution in [2.45, 2.75) is 5.92 Å². The van der Waals surface area contributed by atoms with Crippen molar-refractivity contribution < 1.29 is 8.78 Å². The second kappa shape index (κ2) is 2.13. The van der Waals surface area contributed by atoms with Gasteiger partial charge in [-0.25, -0.2) is 13.8 Å². The zero-order valence-electron chi connectivity index (χ0n) is 4.10. The van der Waals surface area contributed by atoms with E-state index < -0.39 is 5.92 Å². The van der Waals surface area contributed by atoms with Crippen LogP contribution >= 0.6 is 12.4 Å². The van der Waals surface area contributed by atoms with Crippen LogP contribution in [-0.2, 0) is 0 Å². The topological polar surface area (TPSA) is 29.3 Å². The van der Waals surface area contributed by atoms with E-state index in [1.807, 2.05) is 0 Å². The number of halogens is 3. The molecule has 0 aromatic heterocycles. The second-order valence-electron chi connectivity index (χ2n) is 1.76. The van der Waals surface area contributed by atoms with Gasteiger partial charge in [-0.3, -0.25) is 5.84 Å². The van der Waals surface area contributed by atoms with Crippen molar-refractivity contribution in [2.75, 3.05) is 13.1 Å². The zero-order valence-corrected chi connectivity index (χ0v) is 4.92. The van der Waals surface area contributed by atoms with Crippen molar-refractivity contribution in [3.63, 3.8) is 0 Å². The summed E-state index contributed by atoms with van der Waals surface area (Å²) in [5.41, 5.74) is 0. The summed E-state index contributed by atoms with van der Waals surface area (Å²) in [6, 6.07) is 0. The lowest BCUT2D eigenvalue weighted by atomic mass is 10.2. The third-order valence-corrected chi connectivity index (χ3v) is 0.869. The molecule has 1 heterocycles. The fourth-order valence-corrected chi connectivity index (χ4v) is 0.548. The Hall–Kier alpha value is 0.0700. The van der Waals surface area contributed by atoms with Gasteiger partial charge in [-0.15, -0.1) is 12.4 Å². The molecule has 0 radical (unpaired) electrons. The van der Waals surface area contributed by atoms with Gasteiger partial charge >= 0.3 is 0 Å². The summed E-state index contributed by atoms with van der Waals surface area (Å²) in [5, 5.41) is 1.08. The van der Waals surface area contributed by atoms with Crippen molar-refractivity contribution in [3.05, 3.63) is 0 Å². The highest BCUT2D eigenvalue weighted by Gasteiger charge is 2.42. The Morgan fingerprint density at radius 1 is 1.38 bits per heavy atom. The maximum Gasteiger partial charge on any atom is 0.275 e. The van der Waals surface area contributed by atoms with Gasteiger partial charge in [-0.05, 0) is 0 Å². The minimum Gasteiger partial charge on any atom is -0.268 e. The van der Waals surface area contributed by atoms with E-state index in [0.717, 1.165) is 5.01 Å². The van der Waals surface area contributed by atoms with Gasteiger partial charge < -0.3 is 0 Å². The number of rotatable bonds is 0. The molecule has 50 valence electrons. The van der Waals surface area contributed by atoms with Gasteiger partial charge in [0, 0.05) is 0 Å². The Labute approximate surface area is 52.0 Å². The molecular formula is C3H7ClF2N2. The number of nitrogens with zero attached hydrogens (tertiary/aromatic N) is 1. The summed E-state index contributed by atoms with van der Waals surface area (Å²) in [7, 11) is 0. The average Bonchev–Trinajstić information content (AvgIpc) is 1.27. The van der Waals surface area contributed by atoms with Crippen molar-refractivity contribution in [3.8, 4) is 0 Å². The molecule has 0 amide bonds. The fourth-order valence-electron chi connectivity index (χ4n) is 0.548. The van der Waals surface area contributed by atoms with Gasteiger partial charge in [0.05, 0.1) is 13.1 Å². The maximum absolute atomic E-state index is 11.7. The van der Waals surface area contributed by atoms with Crippen LogP contribution < -0.4 is 5.84 Å². The van der Waals surface area contributed by atoms with Crippen LogP contribution in [0.1, 0.15) is 0 Å². The van der Waals surface area contributed by atoms with E-state index in [-0.39, 0.29) is 25.5 Å². The molecule has 0 spiro atoms. The van der Waals surface area contributed by atoms with Gasteiger partial charge in [-0.1, -0.05) is 0 Å². The predicted octanol–water partition coefficient (Wildman–Crippen LogP) is 0.233. The molecule has 2 nitrogen and oxygen atoms in total. The molecule has 0 aromatic carbocycles. The summed E-state index contributed by atoms with van der Waals surface area (Å²) >= 11 is 0. The quantitative estimate of drug-likeness (QED) is 0.494. The van der Waals surface area contributed by atoms with Crippen LogP contribution in [0.2, 0.25) is 0 Å². The molecule has 1 aliphatic rings. The lowest BCUT2D eigenvalue weighted by Gasteiger charge is -2.34. The molecule has 0 aromatic rings. The number of hydrogen-bond acceptors (Lipinski definition) is 2. The van der Waals surface area contributed by atoms with Crippen LogP contribution in [0.4, 0.5) is 8.78 Å². The Kier molecular flexibility index (Phi) is 2.14. The van der Waals surface area contributed by atoms with Crippen molar-refractivity contribution in [2.24, 2.45) is 5.84 Å². The van der Waals surface area contributed by atoms with Crippen molar-refractivity contribution >= 4 is 12.4 Å². The molecule has 1 rings (SSSR count). The normalized spacial score (nSPS) is 25.9. The van der Waals surface area contributed by atoms with Crippen LogP contribution in [0.5, 0.6) is 0 Å². The molecule has 0 bridgehead atoms. The Balaban J connectivity index is 0.000000490. The molecule has 1 fully saturated rings. The van der Waals surface area contributed by atoms with Gasteiger partial charge in [0.1, 0.15) is 0 Å². The summed E-state index contributed by atoms with van der Waals surface area (Å²) in [6.07, 6.45) is 0. The van der Waals surface area contributed by atoms with E-state index in [1.54, 1.807) is 0 Å². The van der Waals surface area contributed by atoms with Crippen LogP contribution in [0, 0.1) is 0 Å². The van der Waals surface area contributed by atoms with E-state index in [0.29, 0.717) is 0 Å². The first-order valence-corrected chi connectivity index (χ1v) is 1.98. The van der Waals surface area contributed by atoms with E-state index in [9.17, 15) is 8.78 Å². The first-order valence-electron chi connectivity index (χ1n) is 1.98. The average molecular weight is 145 g/mol. The summed E-state index contributed by atoms with van der Waals surface area (Å²) in [5.74, 6) is 2.40. The van der Waals surface area contributed by atoms with Gasteiger partial charge in [-0.2, -0.15) is 0 Å². The Morgan fingerprint density at radius 3 is 1.75 bits per heavy atom. The lowest BCUT2D eigenvalue weighted by molar-refractivity contribution is -0.131. The third-order valence-electron chi connectivity index (χ3n) is 0.869. The van der Waals surface area contributed by atoms with Gasteiger partial charge in [0.15, 0.2) is 0 Å².